The number of methoxy groups -OCH3 is 1. The largest absolute Gasteiger partial charge is 0.383 e. The fraction of sp³-hybridized carbons (Fsp3) is 0.174. The Balaban J connectivity index is 1.94. The summed E-state index contributed by atoms with van der Waals surface area (Å²) in [5.74, 6) is 0. The minimum Gasteiger partial charge on any atom is -0.383 e. The number of rotatable bonds is 6. The minimum absolute atomic E-state index is 0.125. The van der Waals surface area contributed by atoms with Gasteiger partial charge in [-0.25, -0.2) is 4.98 Å². The van der Waals surface area contributed by atoms with E-state index >= 15 is 0 Å². The number of benzene rings is 2. The van der Waals surface area contributed by atoms with E-state index in [9.17, 15) is 10.1 Å². The monoisotopic (exact) mass is 465 g/mol. The summed E-state index contributed by atoms with van der Waals surface area (Å²) in [5.41, 5.74) is 2.08. The third-order valence-corrected chi connectivity index (χ3v) is 7.60. The van der Waals surface area contributed by atoms with Gasteiger partial charge in [0.25, 0.3) is 5.56 Å². The summed E-state index contributed by atoms with van der Waals surface area (Å²) in [6.45, 7) is 0.751. The molecule has 4 rings (SSSR count). The van der Waals surface area contributed by atoms with Crippen molar-refractivity contribution in [1.82, 2.24) is 9.55 Å². The predicted molar refractivity (Wildman–Crippen MR) is 129 cm³/mol. The average molecular weight is 466 g/mol. The summed E-state index contributed by atoms with van der Waals surface area (Å²) in [6, 6.07) is 18.1. The molecule has 0 bridgehead atoms. The molecule has 5 nitrogen and oxygen atoms in total. The Morgan fingerprint density at radius 3 is 2.68 bits per heavy atom. The molecule has 0 fully saturated rings. The van der Waals surface area contributed by atoms with Crippen LogP contribution in [-0.4, -0.2) is 29.5 Å². The van der Waals surface area contributed by atoms with Gasteiger partial charge in [0.15, 0.2) is 0 Å². The van der Waals surface area contributed by atoms with Crippen LogP contribution in [0.1, 0.15) is 10.6 Å². The highest BCUT2D eigenvalue weighted by atomic mass is 32.2. The maximum Gasteiger partial charge on any atom is 0.269 e. The molecular weight excluding hydrogens is 446 g/mol. The highest BCUT2D eigenvalue weighted by Crippen LogP contribution is 2.25. The number of hydrogen-bond acceptors (Lipinski definition) is 7. The third kappa shape index (κ3) is 4.50. The Morgan fingerprint density at radius 1 is 1.23 bits per heavy atom. The third-order valence-electron chi connectivity index (χ3n) is 4.67. The van der Waals surface area contributed by atoms with E-state index in [1.165, 1.54) is 22.7 Å². The van der Waals surface area contributed by atoms with E-state index in [0.717, 1.165) is 20.7 Å². The highest BCUT2D eigenvalue weighted by molar-refractivity contribution is 7.98. The highest BCUT2D eigenvalue weighted by Gasteiger charge is 2.15. The molecule has 0 saturated heterocycles. The van der Waals surface area contributed by atoms with Gasteiger partial charge in [-0.2, -0.15) is 5.26 Å². The smallest absolute Gasteiger partial charge is 0.269 e. The lowest BCUT2D eigenvalue weighted by Gasteiger charge is -2.01. The van der Waals surface area contributed by atoms with Crippen molar-refractivity contribution in [3.05, 3.63) is 78.7 Å². The summed E-state index contributed by atoms with van der Waals surface area (Å²) in [5, 5.41) is 10.6. The van der Waals surface area contributed by atoms with E-state index in [0.29, 0.717) is 32.9 Å². The van der Waals surface area contributed by atoms with Crippen molar-refractivity contribution < 1.29 is 4.74 Å². The van der Waals surface area contributed by atoms with Gasteiger partial charge < -0.3 is 4.74 Å². The van der Waals surface area contributed by atoms with Crippen LogP contribution in [0.3, 0.4) is 0 Å². The standard InChI is InChI=1S/C23H19N3O2S3/c1-28-12-11-26-22(27)20(13-15-7-9-16(29-2)10-8-15)31-23(26)17(14-24)21-25-18-5-3-4-6-19(18)30-21/h3-10,13H,11-12H2,1-2H3/b20-13-,23-17-. The number of aromatic nitrogens is 2. The van der Waals surface area contributed by atoms with Gasteiger partial charge in [-0.15, -0.1) is 34.4 Å². The van der Waals surface area contributed by atoms with Crippen molar-refractivity contribution in [1.29, 1.82) is 5.26 Å². The number of hydrogen-bond donors (Lipinski definition) is 0. The van der Waals surface area contributed by atoms with E-state index in [1.807, 2.05) is 60.9 Å². The molecule has 4 aromatic rings. The second-order valence-electron chi connectivity index (χ2n) is 6.61. The Hall–Kier alpha value is -2.70. The molecule has 0 atom stereocenters. The lowest BCUT2D eigenvalue weighted by Crippen LogP contribution is -2.33. The molecule has 31 heavy (non-hydrogen) atoms. The van der Waals surface area contributed by atoms with Gasteiger partial charge in [0.2, 0.25) is 0 Å². The molecule has 0 radical (unpaired) electrons. The molecule has 0 amide bonds. The SMILES string of the molecule is COCCn1c(=O)/c(=C/c2ccc(SC)cc2)s/c1=C(/C#N)c1nc2ccccc2s1. The number of nitrogens with zero attached hydrogens (tertiary/aromatic N) is 3. The van der Waals surface area contributed by atoms with E-state index in [-0.39, 0.29) is 5.56 Å². The zero-order chi connectivity index (χ0) is 21.8. The second kappa shape index (κ2) is 9.62. The van der Waals surface area contributed by atoms with Gasteiger partial charge in [-0.05, 0) is 42.2 Å². The van der Waals surface area contributed by atoms with E-state index < -0.39 is 0 Å². The van der Waals surface area contributed by atoms with Crippen molar-refractivity contribution in [2.45, 2.75) is 11.4 Å². The first-order valence-electron chi connectivity index (χ1n) is 9.49. The van der Waals surface area contributed by atoms with Crippen molar-refractivity contribution in [3.8, 4) is 6.07 Å². The maximum atomic E-state index is 13.2. The van der Waals surface area contributed by atoms with Gasteiger partial charge in [-0.1, -0.05) is 24.3 Å². The number of thiazole rings is 2. The number of thioether (sulfide) groups is 1. The summed E-state index contributed by atoms with van der Waals surface area (Å²) in [6.07, 6.45) is 3.90. The van der Waals surface area contributed by atoms with E-state index in [4.69, 9.17) is 4.74 Å². The molecule has 2 aromatic heterocycles. The fourth-order valence-corrected chi connectivity index (χ4v) is 5.67. The average Bonchev–Trinajstić information content (AvgIpc) is 3.35. The Labute approximate surface area is 191 Å². The topological polar surface area (TPSA) is 67.9 Å². The van der Waals surface area contributed by atoms with Gasteiger partial charge >= 0.3 is 0 Å². The number of ether oxygens (including phenoxy) is 1. The molecule has 0 aliphatic heterocycles. The summed E-state index contributed by atoms with van der Waals surface area (Å²) in [7, 11) is 1.60. The normalized spacial score (nSPS) is 12.9. The molecule has 156 valence electrons. The van der Waals surface area contributed by atoms with Gasteiger partial charge in [0.1, 0.15) is 21.3 Å². The fourth-order valence-electron chi connectivity index (χ4n) is 3.11. The molecule has 0 saturated carbocycles. The summed E-state index contributed by atoms with van der Waals surface area (Å²) < 4.78 is 9.02. The van der Waals surface area contributed by atoms with Gasteiger partial charge in [-0.3, -0.25) is 9.36 Å². The molecule has 8 heteroatoms. The molecular formula is C23H19N3O2S3. The minimum atomic E-state index is -0.125. The zero-order valence-electron chi connectivity index (χ0n) is 17.0. The molecule has 0 aliphatic rings. The van der Waals surface area contributed by atoms with Gasteiger partial charge in [0, 0.05) is 12.0 Å². The number of para-hydroxylation sites is 1. The predicted octanol–water partition coefficient (Wildman–Crippen LogP) is 3.44. The quantitative estimate of drug-likeness (QED) is 0.408. The van der Waals surface area contributed by atoms with Crippen molar-refractivity contribution >= 4 is 56.3 Å². The van der Waals surface area contributed by atoms with Crippen LogP contribution in [-0.2, 0) is 11.3 Å². The lowest BCUT2D eigenvalue weighted by atomic mass is 10.2. The maximum absolute atomic E-state index is 13.2. The van der Waals surface area contributed by atoms with Crippen LogP contribution in [0.5, 0.6) is 0 Å². The molecule has 0 aliphatic carbocycles. The second-order valence-corrected chi connectivity index (χ2v) is 9.55. The molecule has 2 heterocycles. The first kappa shape index (κ1) is 21.5. The molecule has 2 aromatic carbocycles. The van der Waals surface area contributed by atoms with Crippen LogP contribution in [0.2, 0.25) is 0 Å². The van der Waals surface area contributed by atoms with Crippen LogP contribution < -0.4 is 14.8 Å². The van der Waals surface area contributed by atoms with Crippen molar-refractivity contribution in [2.24, 2.45) is 0 Å². The Morgan fingerprint density at radius 2 is 2.00 bits per heavy atom. The zero-order valence-corrected chi connectivity index (χ0v) is 19.4. The lowest BCUT2D eigenvalue weighted by molar-refractivity contribution is 0.186. The first-order chi connectivity index (χ1) is 15.1. The Kier molecular flexibility index (Phi) is 6.68. The van der Waals surface area contributed by atoms with Crippen LogP contribution in [0.15, 0.2) is 58.2 Å². The molecule has 0 unspecified atom stereocenters. The first-order valence-corrected chi connectivity index (χ1v) is 12.3. The molecule has 0 N–H and O–H groups in total. The van der Waals surface area contributed by atoms with Crippen molar-refractivity contribution in [3.63, 3.8) is 0 Å². The van der Waals surface area contributed by atoms with E-state index in [2.05, 4.69) is 11.1 Å². The summed E-state index contributed by atoms with van der Waals surface area (Å²) >= 11 is 4.45. The van der Waals surface area contributed by atoms with Crippen LogP contribution >= 0.6 is 34.4 Å². The molecule has 0 spiro atoms. The van der Waals surface area contributed by atoms with Crippen LogP contribution in [0, 0.1) is 11.3 Å². The number of fused-ring (bicyclic) bond motifs is 1. The van der Waals surface area contributed by atoms with Gasteiger partial charge in [0.05, 0.1) is 27.9 Å². The van der Waals surface area contributed by atoms with Crippen LogP contribution in [0.25, 0.3) is 21.9 Å². The number of nitriles is 1. The van der Waals surface area contributed by atoms with Crippen molar-refractivity contribution in [2.75, 3.05) is 20.0 Å². The van der Waals surface area contributed by atoms with E-state index in [1.54, 1.807) is 23.4 Å². The Bertz CT molecular complexity index is 1410. The van der Waals surface area contributed by atoms with Crippen LogP contribution in [0.4, 0.5) is 0 Å². The summed E-state index contributed by atoms with van der Waals surface area (Å²) in [4.78, 5) is 19.0.